The second-order valence-corrected chi connectivity index (χ2v) is 7.09. The summed E-state index contributed by atoms with van der Waals surface area (Å²) in [6.07, 6.45) is -4.68. The summed E-state index contributed by atoms with van der Waals surface area (Å²) in [6, 6.07) is 10.4. The average molecular weight is 451 g/mol. The van der Waals surface area contributed by atoms with E-state index in [2.05, 4.69) is 10.6 Å². The maximum atomic E-state index is 12.9. The van der Waals surface area contributed by atoms with Crippen molar-refractivity contribution in [2.24, 2.45) is 0 Å². The summed E-state index contributed by atoms with van der Waals surface area (Å²) in [5, 5.41) is 16.0. The standard InChI is InChI=1S/C20H20F3N5O4/c21-20(22,23)14-6-7-16(17(12-14)28(31)32)27-10-8-26(9-11-27)13-18(29)25-19(30)24-15-4-2-1-3-5-15/h1-7,12H,8-11,13H2,(H2,24,25,29,30). The Balaban J connectivity index is 1.54. The SMILES string of the molecule is O=C(CN1CCN(c2ccc(C(F)(F)F)cc2[N+](=O)[O-])CC1)NC(=O)Nc1ccccc1. The highest BCUT2D eigenvalue weighted by Crippen LogP contribution is 2.36. The van der Waals surface area contributed by atoms with Crippen LogP contribution in [0.1, 0.15) is 5.56 Å². The van der Waals surface area contributed by atoms with Gasteiger partial charge in [0, 0.05) is 37.9 Å². The first kappa shape index (κ1) is 23.0. The van der Waals surface area contributed by atoms with Gasteiger partial charge in [0.2, 0.25) is 5.91 Å². The van der Waals surface area contributed by atoms with Crippen molar-refractivity contribution >= 4 is 29.0 Å². The lowest BCUT2D eigenvalue weighted by atomic mass is 10.1. The van der Waals surface area contributed by atoms with Gasteiger partial charge >= 0.3 is 12.2 Å². The number of nitro groups is 1. The second-order valence-electron chi connectivity index (χ2n) is 7.09. The molecule has 0 unspecified atom stereocenters. The number of anilines is 2. The predicted molar refractivity (Wildman–Crippen MR) is 110 cm³/mol. The van der Waals surface area contributed by atoms with Crippen LogP contribution in [0.2, 0.25) is 0 Å². The number of urea groups is 1. The summed E-state index contributed by atoms with van der Waals surface area (Å²) in [4.78, 5) is 37.8. The Morgan fingerprint density at radius 2 is 1.69 bits per heavy atom. The minimum Gasteiger partial charge on any atom is -0.363 e. The van der Waals surface area contributed by atoms with E-state index in [0.717, 1.165) is 12.1 Å². The molecule has 1 heterocycles. The Kier molecular flexibility index (Phi) is 6.93. The number of piperazine rings is 1. The highest BCUT2D eigenvalue weighted by molar-refractivity contribution is 6.01. The van der Waals surface area contributed by atoms with Crippen LogP contribution in [0.5, 0.6) is 0 Å². The Hall–Kier alpha value is -3.67. The van der Waals surface area contributed by atoms with E-state index in [1.807, 2.05) is 0 Å². The zero-order chi connectivity index (χ0) is 23.3. The van der Waals surface area contributed by atoms with Crippen molar-refractivity contribution < 1.29 is 27.7 Å². The van der Waals surface area contributed by atoms with Crippen molar-refractivity contribution in [3.05, 3.63) is 64.2 Å². The molecule has 0 aromatic heterocycles. The third kappa shape index (κ3) is 5.94. The molecule has 3 amide bonds. The normalized spacial score (nSPS) is 14.7. The maximum Gasteiger partial charge on any atom is 0.416 e. The smallest absolute Gasteiger partial charge is 0.363 e. The average Bonchev–Trinajstić information content (AvgIpc) is 2.73. The number of halogens is 3. The van der Waals surface area contributed by atoms with Crippen molar-refractivity contribution in [3.63, 3.8) is 0 Å². The number of hydrogen-bond acceptors (Lipinski definition) is 6. The van der Waals surface area contributed by atoms with E-state index < -0.39 is 34.3 Å². The van der Waals surface area contributed by atoms with Crippen LogP contribution in [0.25, 0.3) is 0 Å². The minimum absolute atomic E-state index is 0.0643. The molecule has 2 aromatic carbocycles. The molecular formula is C20H20F3N5O4. The number of benzene rings is 2. The molecule has 0 spiro atoms. The Morgan fingerprint density at radius 1 is 1.03 bits per heavy atom. The summed E-state index contributed by atoms with van der Waals surface area (Å²) >= 11 is 0. The fraction of sp³-hybridized carbons (Fsp3) is 0.300. The van der Waals surface area contributed by atoms with Crippen molar-refractivity contribution in [1.29, 1.82) is 0 Å². The number of carbonyl (C=O) groups excluding carboxylic acids is 2. The van der Waals surface area contributed by atoms with Crippen molar-refractivity contribution in [2.75, 3.05) is 42.9 Å². The molecule has 0 radical (unpaired) electrons. The molecule has 3 rings (SSSR count). The largest absolute Gasteiger partial charge is 0.416 e. The van der Waals surface area contributed by atoms with Gasteiger partial charge in [-0.3, -0.25) is 25.1 Å². The molecule has 0 atom stereocenters. The molecular weight excluding hydrogens is 431 g/mol. The zero-order valence-corrected chi connectivity index (χ0v) is 16.8. The van der Waals surface area contributed by atoms with E-state index >= 15 is 0 Å². The summed E-state index contributed by atoms with van der Waals surface area (Å²) in [6.45, 7) is 1.16. The fourth-order valence-corrected chi connectivity index (χ4v) is 3.31. The summed E-state index contributed by atoms with van der Waals surface area (Å²) < 4.78 is 38.6. The molecule has 2 N–H and O–H groups in total. The van der Waals surface area contributed by atoms with Crippen LogP contribution in [0.4, 0.5) is 35.0 Å². The number of amides is 3. The lowest BCUT2D eigenvalue weighted by Gasteiger charge is -2.35. The molecule has 1 saturated heterocycles. The van der Waals surface area contributed by atoms with Gasteiger partial charge in [0.05, 0.1) is 17.0 Å². The first-order valence-electron chi connectivity index (χ1n) is 9.62. The van der Waals surface area contributed by atoms with Crippen LogP contribution < -0.4 is 15.5 Å². The van der Waals surface area contributed by atoms with Crippen LogP contribution in [0.15, 0.2) is 48.5 Å². The van der Waals surface area contributed by atoms with Crippen LogP contribution in [0, 0.1) is 10.1 Å². The van der Waals surface area contributed by atoms with Gasteiger partial charge in [0.25, 0.3) is 5.69 Å². The second kappa shape index (κ2) is 9.64. The van der Waals surface area contributed by atoms with Gasteiger partial charge < -0.3 is 10.2 Å². The molecule has 1 aliphatic heterocycles. The number of rotatable bonds is 5. The Labute approximate surface area is 180 Å². The Morgan fingerprint density at radius 3 is 2.28 bits per heavy atom. The monoisotopic (exact) mass is 451 g/mol. The molecule has 12 heteroatoms. The van der Waals surface area contributed by atoms with Gasteiger partial charge in [-0.1, -0.05) is 18.2 Å². The van der Waals surface area contributed by atoms with E-state index in [9.17, 15) is 32.9 Å². The first-order valence-corrected chi connectivity index (χ1v) is 9.62. The third-order valence-electron chi connectivity index (χ3n) is 4.86. The number of imide groups is 1. The lowest BCUT2D eigenvalue weighted by molar-refractivity contribution is -0.384. The topological polar surface area (TPSA) is 108 Å². The fourth-order valence-electron chi connectivity index (χ4n) is 3.31. The van der Waals surface area contributed by atoms with Crippen molar-refractivity contribution in [1.82, 2.24) is 10.2 Å². The number of nitrogens with one attached hydrogen (secondary N) is 2. The van der Waals surface area contributed by atoms with Gasteiger partial charge in [0.1, 0.15) is 5.69 Å². The van der Waals surface area contributed by atoms with Gasteiger partial charge in [-0.2, -0.15) is 13.2 Å². The van der Waals surface area contributed by atoms with E-state index in [1.54, 1.807) is 40.1 Å². The van der Waals surface area contributed by atoms with Gasteiger partial charge in [-0.05, 0) is 24.3 Å². The quantitative estimate of drug-likeness (QED) is 0.534. The zero-order valence-electron chi connectivity index (χ0n) is 16.8. The molecule has 1 aliphatic rings. The molecule has 0 aliphatic carbocycles. The van der Waals surface area contributed by atoms with Crippen molar-refractivity contribution in [2.45, 2.75) is 6.18 Å². The highest BCUT2D eigenvalue weighted by Gasteiger charge is 2.34. The molecule has 0 bridgehead atoms. The number of hydrogen-bond donors (Lipinski definition) is 2. The molecule has 170 valence electrons. The number of nitro benzene ring substituents is 1. The summed E-state index contributed by atoms with van der Waals surface area (Å²) in [5.74, 6) is -0.521. The van der Waals surface area contributed by atoms with E-state index in [1.165, 1.54) is 0 Å². The van der Waals surface area contributed by atoms with Crippen LogP contribution >= 0.6 is 0 Å². The maximum absolute atomic E-state index is 12.9. The van der Waals surface area contributed by atoms with E-state index in [-0.39, 0.29) is 25.3 Å². The van der Waals surface area contributed by atoms with Crippen LogP contribution in [-0.4, -0.2) is 54.5 Å². The van der Waals surface area contributed by atoms with Gasteiger partial charge in [0.15, 0.2) is 0 Å². The van der Waals surface area contributed by atoms with E-state index in [4.69, 9.17) is 0 Å². The lowest BCUT2D eigenvalue weighted by Crippen LogP contribution is -2.50. The van der Waals surface area contributed by atoms with Gasteiger partial charge in [-0.15, -0.1) is 0 Å². The van der Waals surface area contributed by atoms with Gasteiger partial charge in [-0.25, -0.2) is 4.79 Å². The number of para-hydroxylation sites is 1. The van der Waals surface area contributed by atoms with Crippen LogP contribution in [0.3, 0.4) is 0 Å². The number of nitrogens with zero attached hydrogens (tertiary/aromatic N) is 3. The number of alkyl halides is 3. The van der Waals surface area contributed by atoms with Crippen molar-refractivity contribution in [3.8, 4) is 0 Å². The first-order chi connectivity index (χ1) is 15.1. The Bertz CT molecular complexity index is 992. The third-order valence-corrected chi connectivity index (χ3v) is 4.86. The minimum atomic E-state index is -4.68. The predicted octanol–water partition coefficient (Wildman–Crippen LogP) is 3.08. The molecule has 1 fully saturated rings. The molecule has 0 saturated carbocycles. The van der Waals surface area contributed by atoms with Crippen LogP contribution in [-0.2, 0) is 11.0 Å². The molecule has 9 nitrogen and oxygen atoms in total. The number of carbonyl (C=O) groups is 2. The van der Waals surface area contributed by atoms with E-state index in [0.29, 0.717) is 24.8 Å². The molecule has 2 aromatic rings. The molecule has 32 heavy (non-hydrogen) atoms. The highest BCUT2D eigenvalue weighted by atomic mass is 19.4. The summed E-state index contributed by atoms with van der Waals surface area (Å²) in [5.41, 5.74) is -1.08. The summed E-state index contributed by atoms with van der Waals surface area (Å²) in [7, 11) is 0.